The molecule has 0 radical (unpaired) electrons. The second-order valence-electron chi connectivity index (χ2n) is 8.48. The standard InChI is InChI=1S/C22H34FN3O2/c1-24(2)17-22(27)26(16-20-7-5-13-28-20)14-18-9-11-25(12-10-18)15-19-6-3-4-8-21(19)23/h3-4,6,8,18,20H,5,7,9-17H2,1-2H3/t20-/m1/s1. The van der Waals surface area contributed by atoms with Gasteiger partial charge in [0, 0.05) is 31.8 Å². The molecule has 2 aliphatic heterocycles. The molecule has 0 bridgehead atoms. The zero-order valence-corrected chi connectivity index (χ0v) is 17.3. The average Bonchev–Trinajstić information content (AvgIpc) is 3.17. The number of carbonyl (C=O) groups excluding carboxylic acids is 1. The Bertz CT molecular complexity index is 626. The second-order valence-corrected chi connectivity index (χ2v) is 8.48. The van der Waals surface area contributed by atoms with Gasteiger partial charge in [-0.1, -0.05) is 18.2 Å². The minimum atomic E-state index is -0.123. The Labute approximate surface area is 168 Å². The molecule has 28 heavy (non-hydrogen) atoms. The van der Waals surface area contributed by atoms with Gasteiger partial charge in [-0.05, 0) is 64.9 Å². The van der Waals surface area contributed by atoms with E-state index in [0.717, 1.165) is 57.5 Å². The Morgan fingerprint density at radius 1 is 1.18 bits per heavy atom. The van der Waals surface area contributed by atoms with Gasteiger partial charge in [-0.3, -0.25) is 9.69 Å². The van der Waals surface area contributed by atoms with Crippen molar-refractivity contribution >= 4 is 5.91 Å². The van der Waals surface area contributed by atoms with Crippen LogP contribution in [0.5, 0.6) is 0 Å². The van der Waals surface area contributed by atoms with E-state index in [2.05, 4.69) is 4.90 Å². The number of carbonyl (C=O) groups is 1. The van der Waals surface area contributed by atoms with Gasteiger partial charge >= 0.3 is 0 Å². The van der Waals surface area contributed by atoms with Crippen molar-refractivity contribution in [2.24, 2.45) is 5.92 Å². The number of ether oxygens (including phenoxy) is 1. The van der Waals surface area contributed by atoms with Crippen molar-refractivity contribution in [3.8, 4) is 0 Å². The second kappa shape index (κ2) is 10.3. The molecule has 2 heterocycles. The minimum absolute atomic E-state index is 0.123. The number of rotatable bonds is 8. The topological polar surface area (TPSA) is 36.0 Å². The lowest BCUT2D eigenvalue weighted by Gasteiger charge is -2.36. The molecule has 2 aliphatic rings. The van der Waals surface area contributed by atoms with Crippen LogP contribution in [0.2, 0.25) is 0 Å². The number of hydrogen-bond donors (Lipinski definition) is 0. The minimum Gasteiger partial charge on any atom is -0.376 e. The Kier molecular flexibility index (Phi) is 7.82. The predicted octanol–water partition coefficient (Wildman–Crippen LogP) is 2.61. The lowest BCUT2D eigenvalue weighted by molar-refractivity contribution is -0.134. The van der Waals surface area contributed by atoms with E-state index in [-0.39, 0.29) is 17.8 Å². The summed E-state index contributed by atoms with van der Waals surface area (Å²) in [5, 5.41) is 0. The molecule has 1 aromatic rings. The molecule has 0 spiro atoms. The first-order valence-corrected chi connectivity index (χ1v) is 10.5. The maximum Gasteiger partial charge on any atom is 0.236 e. The van der Waals surface area contributed by atoms with Gasteiger partial charge in [0.05, 0.1) is 12.6 Å². The molecular formula is C22H34FN3O2. The van der Waals surface area contributed by atoms with E-state index in [1.165, 1.54) is 6.07 Å². The fourth-order valence-electron chi connectivity index (χ4n) is 4.19. The van der Waals surface area contributed by atoms with E-state index in [0.29, 0.717) is 25.6 Å². The first-order chi connectivity index (χ1) is 13.5. The van der Waals surface area contributed by atoms with Crippen LogP contribution in [0.3, 0.4) is 0 Å². The van der Waals surface area contributed by atoms with Gasteiger partial charge in [0.15, 0.2) is 0 Å². The fraction of sp³-hybridized carbons (Fsp3) is 0.682. The first kappa shape index (κ1) is 21.2. The molecule has 0 aromatic heterocycles. The smallest absolute Gasteiger partial charge is 0.236 e. The van der Waals surface area contributed by atoms with Crippen molar-refractivity contribution in [2.45, 2.75) is 38.3 Å². The molecule has 5 nitrogen and oxygen atoms in total. The highest BCUT2D eigenvalue weighted by Crippen LogP contribution is 2.22. The Hall–Kier alpha value is -1.50. The summed E-state index contributed by atoms with van der Waals surface area (Å²) in [5.74, 6) is 0.570. The summed E-state index contributed by atoms with van der Waals surface area (Å²) in [7, 11) is 3.87. The molecule has 6 heteroatoms. The Morgan fingerprint density at radius 2 is 1.93 bits per heavy atom. The van der Waals surface area contributed by atoms with Crippen LogP contribution in [0.4, 0.5) is 4.39 Å². The molecule has 0 saturated carbocycles. The lowest BCUT2D eigenvalue weighted by Crippen LogP contribution is -2.46. The van der Waals surface area contributed by atoms with Gasteiger partial charge in [-0.25, -0.2) is 4.39 Å². The van der Waals surface area contributed by atoms with Crippen LogP contribution >= 0.6 is 0 Å². The maximum atomic E-state index is 13.9. The van der Waals surface area contributed by atoms with E-state index in [1.54, 1.807) is 6.07 Å². The lowest BCUT2D eigenvalue weighted by atomic mass is 9.95. The van der Waals surface area contributed by atoms with E-state index in [4.69, 9.17) is 4.74 Å². The van der Waals surface area contributed by atoms with Crippen molar-refractivity contribution in [1.29, 1.82) is 0 Å². The summed E-state index contributed by atoms with van der Waals surface area (Å²) in [6.07, 6.45) is 4.42. The van der Waals surface area contributed by atoms with Crippen LogP contribution in [0.25, 0.3) is 0 Å². The molecule has 2 fully saturated rings. The monoisotopic (exact) mass is 391 g/mol. The van der Waals surface area contributed by atoms with Crippen LogP contribution in [0, 0.1) is 11.7 Å². The number of hydrogen-bond acceptors (Lipinski definition) is 4. The fourth-order valence-corrected chi connectivity index (χ4v) is 4.19. The SMILES string of the molecule is CN(C)CC(=O)N(CC1CCN(Cc2ccccc2F)CC1)C[C@H]1CCCO1. The summed E-state index contributed by atoms with van der Waals surface area (Å²) in [4.78, 5) is 19.0. The van der Waals surface area contributed by atoms with Crippen LogP contribution < -0.4 is 0 Å². The zero-order chi connectivity index (χ0) is 19.9. The largest absolute Gasteiger partial charge is 0.376 e. The molecule has 1 atom stereocenters. The van der Waals surface area contributed by atoms with Crippen molar-refractivity contribution < 1.29 is 13.9 Å². The van der Waals surface area contributed by atoms with Crippen LogP contribution in [0.15, 0.2) is 24.3 Å². The van der Waals surface area contributed by atoms with E-state index in [1.807, 2.05) is 36.0 Å². The van der Waals surface area contributed by atoms with Gasteiger partial charge in [-0.2, -0.15) is 0 Å². The van der Waals surface area contributed by atoms with Gasteiger partial charge in [0.25, 0.3) is 0 Å². The molecule has 1 amide bonds. The number of piperidine rings is 1. The molecule has 2 saturated heterocycles. The quantitative estimate of drug-likeness (QED) is 0.683. The highest BCUT2D eigenvalue weighted by molar-refractivity contribution is 5.78. The molecule has 3 rings (SSSR count). The summed E-state index contributed by atoms with van der Waals surface area (Å²) in [6.45, 7) is 5.34. The van der Waals surface area contributed by atoms with Gasteiger partial charge in [0.1, 0.15) is 5.82 Å². The van der Waals surface area contributed by atoms with Crippen LogP contribution in [-0.2, 0) is 16.1 Å². The van der Waals surface area contributed by atoms with Gasteiger partial charge in [-0.15, -0.1) is 0 Å². The first-order valence-electron chi connectivity index (χ1n) is 10.5. The number of nitrogens with zero attached hydrogens (tertiary/aromatic N) is 3. The summed E-state index contributed by atoms with van der Waals surface area (Å²) in [6, 6.07) is 7.02. The van der Waals surface area contributed by atoms with E-state index >= 15 is 0 Å². The van der Waals surface area contributed by atoms with E-state index in [9.17, 15) is 9.18 Å². The van der Waals surface area contributed by atoms with Crippen LogP contribution in [0.1, 0.15) is 31.2 Å². The third kappa shape index (κ3) is 6.26. The maximum absolute atomic E-state index is 13.9. The molecular weight excluding hydrogens is 357 g/mol. The zero-order valence-electron chi connectivity index (χ0n) is 17.3. The predicted molar refractivity (Wildman–Crippen MR) is 109 cm³/mol. The Morgan fingerprint density at radius 3 is 2.57 bits per heavy atom. The summed E-state index contributed by atoms with van der Waals surface area (Å²) < 4.78 is 19.7. The number of benzene rings is 1. The molecule has 156 valence electrons. The molecule has 0 unspecified atom stereocenters. The highest BCUT2D eigenvalue weighted by atomic mass is 19.1. The summed E-state index contributed by atoms with van der Waals surface area (Å²) >= 11 is 0. The average molecular weight is 392 g/mol. The number of halogens is 1. The van der Waals surface area contributed by atoms with Gasteiger partial charge in [0.2, 0.25) is 5.91 Å². The normalized spacial score (nSPS) is 21.4. The molecule has 1 aromatic carbocycles. The van der Waals surface area contributed by atoms with Crippen molar-refractivity contribution in [2.75, 3.05) is 53.4 Å². The molecule has 0 N–H and O–H groups in total. The number of amides is 1. The Balaban J connectivity index is 1.50. The van der Waals surface area contributed by atoms with Crippen molar-refractivity contribution in [1.82, 2.24) is 14.7 Å². The van der Waals surface area contributed by atoms with E-state index < -0.39 is 0 Å². The van der Waals surface area contributed by atoms with Crippen molar-refractivity contribution in [3.63, 3.8) is 0 Å². The third-order valence-corrected chi connectivity index (χ3v) is 5.79. The van der Waals surface area contributed by atoms with Crippen LogP contribution in [-0.4, -0.2) is 80.1 Å². The highest BCUT2D eigenvalue weighted by Gasteiger charge is 2.27. The number of likely N-dealkylation sites (tertiary alicyclic amines) is 1. The summed E-state index contributed by atoms with van der Waals surface area (Å²) in [5.41, 5.74) is 0.766. The van der Waals surface area contributed by atoms with Crippen molar-refractivity contribution in [3.05, 3.63) is 35.6 Å². The van der Waals surface area contributed by atoms with Gasteiger partial charge < -0.3 is 14.5 Å². The number of likely N-dealkylation sites (N-methyl/N-ethyl adjacent to an activating group) is 1. The third-order valence-electron chi connectivity index (χ3n) is 5.79. The molecule has 0 aliphatic carbocycles.